The molecule has 0 aliphatic heterocycles. The van der Waals surface area contributed by atoms with Crippen LogP contribution in [0.5, 0.6) is 0 Å². The summed E-state index contributed by atoms with van der Waals surface area (Å²) in [5.74, 6) is 0. The zero-order valence-electron chi connectivity index (χ0n) is 31.3. The van der Waals surface area contributed by atoms with Gasteiger partial charge in [0, 0.05) is 53.7 Å². The first-order valence-corrected chi connectivity index (χ1v) is 20.5. The van der Waals surface area contributed by atoms with Crippen LogP contribution in [0.25, 0.3) is 75.5 Å². The van der Waals surface area contributed by atoms with E-state index in [9.17, 15) is 0 Å². The second-order valence-electron chi connectivity index (χ2n) is 14.9. The number of rotatable bonds is 7. The van der Waals surface area contributed by atoms with Crippen molar-refractivity contribution in [3.63, 3.8) is 0 Å². The standard InChI is InChI=1S/C54H38N2S/c1-3-11-37(12-4-1)39-19-26-43(27-20-39)55(44-28-21-40(22-29-44)38-13-5-2-6-14-38)45-30-23-41(24-31-45)42-25-33-52-49(35-42)47-15-7-9-17-51(47)56(52)46-32-34-54-50(36-46)48-16-8-10-18-53(48)57-54/h1-21,23-28,30-36H,22,29H2. The molecule has 3 heteroatoms. The summed E-state index contributed by atoms with van der Waals surface area (Å²) in [7, 11) is 0. The van der Waals surface area contributed by atoms with Crippen LogP contribution in [0.2, 0.25) is 0 Å². The minimum atomic E-state index is 0.958. The Hall–Kier alpha value is -6.94. The molecule has 0 bridgehead atoms. The number of benzene rings is 8. The first kappa shape index (κ1) is 33.4. The van der Waals surface area contributed by atoms with Gasteiger partial charge in [-0.05, 0) is 119 Å². The Balaban J connectivity index is 0.972. The predicted molar refractivity (Wildman–Crippen MR) is 245 cm³/mol. The number of anilines is 2. The van der Waals surface area contributed by atoms with Gasteiger partial charge < -0.3 is 9.47 Å². The van der Waals surface area contributed by atoms with E-state index in [0.717, 1.165) is 24.2 Å². The van der Waals surface area contributed by atoms with E-state index >= 15 is 0 Å². The van der Waals surface area contributed by atoms with Crippen molar-refractivity contribution in [1.82, 2.24) is 4.57 Å². The van der Waals surface area contributed by atoms with Crippen molar-refractivity contribution < 1.29 is 0 Å². The first-order valence-electron chi connectivity index (χ1n) is 19.7. The van der Waals surface area contributed by atoms with E-state index in [4.69, 9.17) is 0 Å². The highest BCUT2D eigenvalue weighted by Crippen LogP contribution is 2.41. The topological polar surface area (TPSA) is 8.17 Å². The summed E-state index contributed by atoms with van der Waals surface area (Å²) in [4.78, 5) is 2.43. The fourth-order valence-corrected chi connectivity index (χ4v) is 9.79. The summed E-state index contributed by atoms with van der Waals surface area (Å²) >= 11 is 1.86. The molecule has 0 unspecified atom stereocenters. The Morgan fingerprint density at radius 2 is 0.965 bits per heavy atom. The molecule has 10 aromatic rings. The van der Waals surface area contributed by atoms with Crippen LogP contribution in [-0.2, 0) is 0 Å². The van der Waals surface area contributed by atoms with Gasteiger partial charge in [-0.2, -0.15) is 0 Å². The van der Waals surface area contributed by atoms with Crippen LogP contribution in [0.15, 0.2) is 212 Å². The van der Waals surface area contributed by atoms with E-state index in [1.165, 1.54) is 86.8 Å². The van der Waals surface area contributed by atoms with E-state index in [1.54, 1.807) is 0 Å². The molecule has 270 valence electrons. The molecule has 57 heavy (non-hydrogen) atoms. The summed E-state index contributed by atoms with van der Waals surface area (Å²) < 4.78 is 5.08. The third-order valence-electron chi connectivity index (χ3n) is 11.5. The van der Waals surface area contributed by atoms with Crippen LogP contribution in [0.3, 0.4) is 0 Å². The molecule has 0 N–H and O–H groups in total. The molecule has 8 aromatic carbocycles. The van der Waals surface area contributed by atoms with E-state index in [0.29, 0.717) is 0 Å². The Kier molecular flexibility index (Phi) is 8.19. The van der Waals surface area contributed by atoms with Crippen molar-refractivity contribution >= 4 is 70.3 Å². The minimum absolute atomic E-state index is 0.958. The highest BCUT2D eigenvalue weighted by molar-refractivity contribution is 7.25. The molecule has 0 saturated heterocycles. The number of nitrogens with zero attached hydrogens (tertiary/aromatic N) is 2. The molecule has 2 aromatic heterocycles. The molecule has 2 nitrogen and oxygen atoms in total. The van der Waals surface area contributed by atoms with Crippen molar-refractivity contribution in [3.8, 4) is 27.9 Å². The average molecular weight is 747 g/mol. The second-order valence-corrected chi connectivity index (χ2v) is 16.0. The van der Waals surface area contributed by atoms with Gasteiger partial charge in [-0.25, -0.2) is 0 Å². The number of allylic oxidation sites excluding steroid dienone is 4. The molecule has 1 aliphatic carbocycles. The number of hydrogen-bond acceptors (Lipinski definition) is 2. The number of fused-ring (bicyclic) bond motifs is 6. The first-order chi connectivity index (χ1) is 28.2. The zero-order valence-corrected chi connectivity index (χ0v) is 32.2. The second kappa shape index (κ2) is 14.0. The maximum absolute atomic E-state index is 2.43. The average Bonchev–Trinajstić information content (AvgIpc) is 3.83. The normalized spacial score (nSPS) is 13.0. The van der Waals surface area contributed by atoms with E-state index in [-0.39, 0.29) is 0 Å². The third kappa shape index (κ3) is 5.96. The quantitative estimate of drug-likeness (QED) is 0.158. The Morgan fingerprint density at radius 1 is 0.386 bits per heavy atom. The highest BCUT2D eigenvalue weighted by Gasteiger charge is 2.19. The summed E-state index contributed by atoms with van der Waals surface area (Å²) in [5, 5.41) is 5.16. The highest BCUT2D eigenvalue weighted by atomic mass is 32.1. The van der Waals surface area contributed by atoms with Gasteiger partial charge in [0.05, 0.1) is 11.0 Å². The third-order valence-corrected chi connectivity index (χ3v) is 12.7. The van der Waals surface area contributed by atoms with Crippen molar-refractivity contribution in [2.45, 2.75) is 12.8 Å². The maximum atomic E-state index is 2.43. The lowest BCUT2D eigenvalue weighted by atomic mass is 9.94. The number of thiophene rings is 1. The van der Waals surface area contributed by atoms with Gasteiger partial charge in [-0.1, -0.05) is 133 Å². The van der Waals surface area contributed by atoms with Crippen LogP contribution < -0.4 is 4.90 Å². The van der Waals surface area contributed by atoms with Crippen molar-refractivity contribution in [1.29, 1.82) is 0 Å². The van der Waals surface area contributed by atoms with Gasteiger partial charge in [-0.3, -0.25) is 0 Å². The Morgan fingerprint density at radius 3 is 1.68 bits per heavy atom. The largest absolute Gasteiger partial charge is 0.314 e. The van der Waals surface area contributed by atoms with Crippen LogP contribution in [0.1, 0.15) is 18.4 Å². The number of aromatic nitrogens is 1. The molecule has 11 rings (SSSR count). The van der Waals surface area contributed by atoms with Gasteiger partial charge in [0.15, 0.2) is 0 Å². The number of hydrogen-bond donors (Lipinski definition) is 0. The van der Waals surface area contributed by atoms with Gasteiger partial charge in [-0.15, -0.1) is 11.3 Å². The van der Waals surface area contributed by atoms with Gasteiger partial charge in [0.1, 0.15) is 0 Å². The summed E-state index contributed by atoms with van der Waals surface area (Å²) in [6.07, 6.45) is 6.57. The van der Waals surface area contributed by atoms with Crippen molar-refractivity contribution in [3.05, 3.63) is 218 Å². The predicted octanol–water partition coefficient (Wildman–Crippen LogP) is 15.4. The van der Waals surface area contributed by atoms with E-state index < -0.39 is 0 Å². The summed E-state index contributed by atoms with van der Waals surface area (Å²) in [6, 6.07) is 71.0. The van der Waals surface area contributed by atoms with E-state index in [2.05, 4.69) is 216 Å². The smallest absolute Gasteiger partial charge is 0.0541 e. The summed E-state index contributed by atoms with van der Waals surface area (Å²) in [6.45, 7) is 0. The lowest BCUT2D eigenvalue weighted by Gasteiger charge is -2.30. The monoisotopic (exact) mass is 746 g/mol. The maximum Gasteiger partial charge on any atom is 0.0541 e. The lowest BCUT2D eigenvalue weighted by Crippen LogP contribution is -2.17. The van der Waals surface area contributed by atoms with E-state index in [1.807, 2.05) is 11.3 Å². The Labute approximate surface area is 336 Å². The zero-order chi connectivity index (χ0) is 37.7. The van der Waals surface area contributed by atoms with Gasteiger partial charge >= 0.3 is 0 Å². The van der Waals surface area contributed by atoms with Gasteiger partial charge in [0.25, 0.3) is 0 Å². The lowest BCUT2D eigenvalue weighted by molar-refractivity contribution is 0.930. The molecule has 0 radical (unpaired) electrons. The van der Waals surface area contributed by atoms with Crippen LogP contribution in [0, 0.1) is 0 Å². The Bertz CT molecular complexity index is 3150. The molecule has 0 fully saturated rings. The SMILES string of the molecule is C1=C(c2ccccc2)CCC(N(c2ccc(-c3ccccc3)cc2)c2ccc(-c3ccc4c(c3)c3ccccc3n4-c3ccc4sc5ccccc5c4c3)cc2)=C1. The molecule has 0 saturated carbocycles. The molecular weight excluding hydrogens is 709 g/mol. The number of para-hydroxylation sites is 1. The molecule has 0 amide bonds. The van der Waals surface area contributed by atoms with Gasteiger partial charge in [0.2, 0.25) is 0 Å². The fraction of sp³-hybridized carbons (Fsp3) is 0.0370. The van der Waals surface area contributed by atoms with Crippen molar-refractivity contribution in [2.24, 2.45) is 0 Å². The van der Waals surface area contributed by atoms with Crippen LogP contribution >= 0.6 is 11.3 Å². The van der Waals surface area contributed by atoms with Crippen molar-refractivity contribution in [2.75, 3.05) is 4.90 Å². The molecule has 2 heterocycles. The summed E-state index contributed by atoms with van der Waals surface area (Å²) in [5.41, 5.74) is 14.8. The molecular formula is C54H38N2S. The van der Waals surface area contributed by atoms with Crippen LogP contribution in [-0.4, -0.2) is 4.57 Å². The molecule has 1 aliphatic rings. The minimum Gasteiger partial charge on any atom is -0.314 e. The fourth-order valence-electron chi connectivity index (χ4n) is 8.71. The molecule has 0 spiro atoms. The van der Waals surface area contributed by atoms with Crippen LogP contribution in [0.4, 0.5) is 11.4 Å². The molecule has 0 atom stereocenters.